The van der Waals surface area contributed by atoms with Crippen molar-refractivity contribution in [1.29, 1.82) is 0 Å². The Morgan fingerprint density at radius 2 is 1.70 bits per heavy atom. The van der Waals surface area contributed by atoms with Gasteiger partial charge in [0.05, 0.1) is 23.9 Å². The number of carbonyl (C=O) groups excluding carboxylic acids is 1. The van der Waals surface area contributed by atoms with Gasteiger partial charge in [-0.1, -0.05) is 12.8 Å². The van der Waals surface area contributed by atoms with Crippen LogP contribution in [-0.4, -0.2) is 43.8 Å². The topological polar surface area (TPSA) is 88.6 Å². The van der Waals surface area contributed by atoms with E-state index in [9.17, 15) is 13.2 Å². The van der Waals surface area contributed by atoms with Crippen molar-refractivity contribution in [3.8, 4) is 5.88 Å². The second-order valence-corrected chi connectivity index (χ2v) is 8.32. The fourth-order valence-corrected chi connectivity index (χ4v) is 4.50. The normalized spacial score (nSPS) is 15.7. The molecular weight excluding hydrogens is 366 g/mol. The van der Waals surface area contributed by atoms with Crippen LogP contribution in [0.25, 0.3) is 0 Å². The van der Waals surface area contributed by atoms with Crippen molar-refractivity contribution in [1.82, 2.24) is 9.29 Å². The van der Waals surface area contributed by atoms with Crippen LogP contribution in [0.15, 0.2) is 47.5 Å². The van der Waals surface area contributed by atoms with Gasteiger partial charge in [-0.2, -0.15) is 4.31 Å². The van der Waals surface area contributed by atoms with Crippen molar-refractivity contribution in [3.63, 3.8) is 0 Å². The highest BCUT2D eigenvalue weighted by molar-refractivity contribution is 7.89. The number of nitrogens with zero attached hydrogens (tertiary/aromatic N) is 2. The molecule has 0 bridgehead atoms. The van der Waals surface area contributed by atoms with Gasteiger partial charge in [-0.15, -0.1) is 0 Å². The molecule has 1 saturated heterocycles. The molecule has 8 heteroatoms. The SMILES string of the molecule is COc1ccc(NC(=O)c2ccc(S(=O)(=O)N3CCCCCC3)cc2)cn1. The largest absolute Gasteiger partial charge is 0.481 e. The summed E-state index contributed by atoms with van der Waals surface area (Å²) >= 11 is 0. The Bertz CT molecular complexity index is 872. The van der Waals surface area contributed by atoms with Gasteiger partial charge >= 0.3 is 0 Å². The lowest BCUT2D eigenvalue weighted by Gasteiger charge is -2.20. The maximum absolute atomic E-state index is 12.8. The molecule has 2 heterocycles. The Kier molecular flexibility index (Phi) is 6.08. The number of hydrogen-bond acceptors (Lipinski definition) is 5. The minimum atomic E-state index is -3.52. The molecule has 1 aromatic carbocycles. The van der Waals surface area contributed by atoms with Crippen LogP contribution >= 0.6 is 0 Å². The fraction of sp³-hybridized carbons (Fsp3) is 0.368. The molecule has 0 unspecified atom stereocenters. The molecule has 0 spiro atoms. The van der Waals surface area contributed by atoms with Crippen LogP contribution in [-0.2, 0) is 10.0 Å². The summed E-state index contributed by atoms with van der Waals surface area (Å²) in [6, 6.07) is 9.35. The zero-order valence-electron chi connectivity index (χ0n) is 15.2. The zero-order valence-corrected chi connectivity index (χ0v) is 16.0. The molecule has 0 aliphatic carbocycles. The van der Waals surface area contributed by atoms with Gasteiger partial charge in [0.25, 0.3) is 5.91 Å². The van der Waals surface area contributed by atoms with E-state index in [1.54, 1.807) is 12.1 Å². The lowest BCUT2D eigenvalue weighted by Crippen LogP contribution is -2.31. The average Bonchev–Trinajstić information content (AvgIpc) is 2.99. The molecule has 1 amide bonds. The van der Waals surface area contributed by atoms with Crippen LogP contribution < -0.4 is 10.1 Å². The van der Waals surface area contributed by atoms with E-state index in [4.69, 9.17) is 4.74 Å². The third-order valence-corrected chi connectivity index (χ3v) is 6.44. The van der Waals surface area contributed by atoms with E-state index < -0.39 is 10.0 Å². The standard InChI is InChI=1S/C19H23N3O4S/c1-26-18-11-8-16(14-20-18)21-19(23)15-6-9-17(10-7-15)27(24,25)22-12-4-2-3-5-13-22/h6-11,14H,2-5,12-13H2,1H3,(H,21,23). The molecule has 1 fully saturated rings. The van der Waals surface area contributed by atoms with E-state index in [0.29, 0.717) is 30.2 Å². The fourth-order valence-electron chi connectivity index (χ4n) is 2.99. The van der Waals surface area contributed by atoms with E-state index in [2.05, 4.69) is 10.3 Å². The van der Waals surface area contributed by atoms with Crippen molar-refractivity contribution in [2.45, 2.75) is 30.6 Å². The van der Waals surface area contributed by atoms with Gasteiger partial charge in [0, 0.05) is 24.7 Å². The Labute approximate surface area is 159 Å². The third-order valence-electron chi connectivity index (χ3n) is 4.52. The number of nitrogens with one attached hydrogen (secondary N) is 1. The van der Waals surface area contributed by atoms with Crippen LogP contribution in [0.2, 0.25) is 0 Å². The Hall–Kier alpha value is -2.45. The molecular formula is C19H23N3O4S. The van der Waals surface area contributed by atoms with E-state index >= 15 is 0 Å². The van der Waals surface area contributed by atoms with Crippen LogP contribution in [0.3, 0.4) is 0 Å². The van der Waals surface area contributed by atoms with Gasteiger partial charge in [-0.25, -0.2) is 13.4 Å². The number of hydrogen-bond donors (Lipinski definition) is 1. The number of anilines is 1. The second kappa shape index (κ2) is 8.49. The van der Waals surface area contributed by atoms with Crippen LogP contribution in [0.5, 0.6) is 5.88 Å². The minimum absolute atomic E-state index is 0.215. The number of methoxy groups -OCH3 is 1. The summed E-state index contributed by atoms with van der Waals surface area (Å²) in [6.07, 6.45) is 5.39. The summed E-state index contributed by atoms with van der Waals surface area (Å²) in [6.45, 7) is 1.10. The monoisotopic (exact) mass is 389 g/mol. The van der Waals surface area contributed by atoms with Crippen molar-refractivity contribution in [2.75, 3.05) is 25.5 Å². The second-order valence-electron chi connectivity index (χ2n) is 6.39. The summed E-state index contributed by atoms with van der Waals surface area (Å²) in [5, 5.41) is 2.72. The van der Waals surface area contributed by atoms with E-state index in [1.807, 2.05) is 0 Å². The lowest BCUT2D eigenvalue weighted by atomic mass is 10.2. The predicted octanol–water partition coefficient (Wildman–Crippen LogP) is 2.91. The number of aromatic nitrogens is 1. The van der Waals surface area contributed by atoms with Gasteiger partial charge in [0.2, 0.25) is 15.9 Å². The summed E-state index contributed by atoms with van der Waals surface area (Å²) in [5.41, 5.74) is 0.905. The molecule has 7 nitrogen and oxygen atoms in total. The minimum Gasteiger partial charge on any atom is -0.481 e. The molecule has 0 saturated carbocycles. The number of benzene rings is 1. The van der Waals surface area contributed by atoms with E-state index in [0.717, 1.165) is 25.7 Å². The summed E-state index contributed by atoms with van der Waals surface area (Å²) in [7, 11) is -2.00. The Morgan fingerprint density at radius 1 is 1.04 bits per heavy atom. The number of pyridine rings is 1. The molecule has 1 N–H and O–H groups in total. The molecule has 144 valence electrons. The molecule has 3 rings (SSSR count). The first kappa shape index (κ1) is 19.3. The first-order valence-corrected chi connectivity index (χ1v) is 10.4. The molecule has 1 aliphatic heterocycles. The van der Waals surface area contributed by atoms with Crippen molar-refractivity contribution >= 4 is 21.6 Å². The van der Waals surface area contributed by atoms with Gasteiger partial charge in [-0.3, -0.25) is 4.79 Å². The van der Waals surface area contributed by atoms with Crippen LogP contribution in [0, 0.1) is 0 Å². The average molecular weight is 389 g/mol. The van der Waals surface area contributed by atoms with Crippen LogP contribution in [0.1, 0.15) is 36.0 Å². The Morgan fingerprint density at radius 3 is 2.26 bits per heavy atom. The number of ether oxygens (including phenoxy) is 1. The van der Waals surface area contributed by atoms with Crippen molar-refractivity contribution in [3.05, 3.63) is 48.2 Å². The summed E-state index contributed by atoms with van der Waals surface area (Å²) < 4.78 is 32.1. The molecule has 27 heavy (non-hydrogen) atoms. The molecule has 1 aromatic heterocycles. The quantitative estimate of drug-likeness (QED) is 0.849. The summed E-state index contributed by atoms with van der Waals surface area (Å²) in [4.78, 5) is 16.6. The van der Waals surface area contributed by atoms with Gasteiger partial charge in [0.1, 0.15) is 0 Å². The van der Waals surface area contributed by atoms with Gasteiger partial charge in [0.15, 0.2) is 0 Å². The number of amides is 1. The molecule has 0 radical (unpaired) electrons. The molecule has 0 atom stereocenters. The highest BCUT2D eigenvalue weighted by Crippen LogP contribution is 2.21. The number of sulfonamides is 1. The first-order chi connectivity index (χ1) is 13.0. The first-order valence-electron chi connectivity index (χ1n) is 8.92. The van der Waals surface area contributed by atoms with E-state index in [-0.39, 0.29) is 10.8 Å². The Balaban J connectivity index is 1.70. The number of rotatable bonds is 5. The van der Waals surface area contributed by atoms with Crippen molar-refractivity contribution in [2.24, 2.45) is 0 Å². The predicted molar refractivity (Wildman–Crippen MR) is 102 cm³/mol. The highest BCUT2D eigenvalue weighted by Gasteiger charge is 2.25. The lowest BCUT2D eigenvalue weighted by molar-refractivity contribution is 0.102. The maximum Gasteiger partial charge on any atom is 0.255 e. The smallest absolute Gasteiger partial charge is 0.255 e. The van der Waals surface area contributed by atoms with Gasteiger partial charge in [-0.05, 0) is 43.2 Å². The van der Waals surface area contributed by atoms with Gasteiger partial charge < -0.3 is 10.1 Å². The van der Waals surface area contributed by atoms with Crippen LogP contribution in [0.4, 0.5) is 5.69 Å². The molecule has 2 aromatic rings. The number of carbonyl (C=O) groups is 1. The maximum atomic E-state index is 12.8. The summed E-state index contributed by atoms with van der Waals surface area (Å²) in [5.74, 6) is 0.122. The molecule has 1 aliphatic rings. The highest BCUT2D eigenvalue weighted by atomic mass is 32.2. The van der Waals surface area contributed by atoms with Crippen molar-refractivity contribution < 1.29 is 17.9 Å². The third kappa shape index (κ3) is 4.64. The van der Waals surface area contributed by atoms with E-state index in [1.165, 1.54) is 41.9 Å². The zero-order chi connectivity index (χ0) is 19.3.